The molecule has 0 atom stereocenters. The Morgan fingerprint density at radius 1 is 1.08 bits per heavy atom. The minimum atomic E-state index is -0.0513. The molecule has 0 spiro atoms. The number of carbonyl (C=O) groups is 1. The molecule has 4 heteroatoms. The number of esters is 1. The molecule has 0 aromatic carbocycles. The van der Waals surface area contributed by atoms with Crippen LogP contribution in [0.4, 0.5) is 0 Å². The summed E-state index contributed by atoms with van der Waals surface area (Å²) in [6.45, 7) is 4.49. The van der Waals surface area contributed by atoms with Crippen molar-refractivity contribution in [2.24, 2.45) is 5.92 Å². The van der Waals surface area contributed by atoms with E-state index in [-0.39, 0.29) is 5.97 Å². The molecular weight excluding hydrogens is 326 g/mol. The van der Waals surface area contributed by atoms with E-state index in [2.05, 4.69) is 18.0 Å². The molecule has 1 aliphatic carbocycles. The number of aryl methyl sites for hydroxylation is 1. The zero-order valence-corrected chi connectivity index (χ0v) is 16.5. The van der Waals surface area contributed by atoms with Gasteiger partial charge in [-0.25, -0.2) is 4.98 Å². The summed E-state index contributed by atoms with van der Waals surface area (Å²) >= 11 is 0. The lowest BCUT2D eigenvalue weighted by Gasteiger charge is -2.28. The van der Waals surface area contributed by atoms with Crippen LogP contribution in [-0.2, 0) is 16.0 Å². The van der Waals surface area contributed by atoms with Crippen molar-refractivity contribution in [3.8, 4) is 5.88 Å². The second-order valence-corrected chi connectivity index (χ2v) is 7.38. The van der Waals surface area contributed by atoms with E-state index in [4.69, 9.17) is 9.47 Å². The molecule has 4 nitrogen and oxygen atoms in total. The van der Waals surface area contributed by atoms with Gasteiger partial charge in [-0.1, -0.05) is 38.7 Å². The maximum atomic E-state index is 11.3. The first-order valence-corrected chi connectivity index (χ1v) is 10.5. The third-order valence-corrected chi connectivity index (χ3v) is 5.34. The van der Waals surface area contributed by atoms with Gasteiger partial charge in [0, 0.05) is 18.7 Å². The van der Waals surface area contributed by atoms with Gasteiger partial charge < -0.3 is 9.47 Å². The largest absolute Gasteiger partial charge is 0.474 e. The highest BCUT2D eigenvalue weighted by molar-refractivity contribution is 5.69. The summed E-state index contributed by atoms with van der Waals surface area (Å²) in [6, 6.07) is 4.11. The molecule has 0 aliphatic heterocycles. The fraction of sp³-hybridized carbons (Fsp3) is 0.727. The SMILES string of the molecule is CCOC(=O)CCCCCCC1CCC(Oc2ccc(CC)cn2)CC1. The molecule has 2 rings (SSSR count). The number of ether oxygens (including phenoxy) is 2. The van der Waals surface area contributed by atoms with Crippen LogP contribution in [0, 0.1) is 5.92 Å². The lowest BCUT2D eigenvalue weighted by atomic mass is 9.84. The summed E-state index contributed by atoms with van der Waals surface area (Å²) in [4.78, 5) is 15.7. The van der Waals surface area contributed by atoms with Crippen LogP contribution in [0.1, 0.15) is 83.6 Å². The molecule has 1 fully saturated rings. The highest BCUT2D eigenvalue weighted by atomic mass is 16.5. The van der Waals surface area contributed by atoms with Gasteiger partial charge in [-0.3, -0.25) is 4.79 Å². The maximum Gasteiger partial charge on any atom is 0.305 e. The third kappa shape index (κ3) is 7.76. The average molecular weight is 362 g/mol. The third-order valence-electron chi connectivity index (χ3n) is 5.34. The average Bonchev–Trinajstić information content (AvgIpc) is 2.66. The summed E-state index contributed by atoms with van der Waals surface area (Å²) in [5.41, 5.74) is 1.25. The lowest BCUT2D eigenvalue weighted by Crippen LogP contribution is -2.24. The Labute approximate surface area is 158 Å². The summed E-state index contributed by atoms with van der Waals surface area (Å²) in [6.07, 6.45) is 14.6. The highest BCUT2D eigenvalue weighted by Gasteiger charge is 2.22. The van der Waals surface area contributed by atoms with Gasteiger partial charge >= 0.3 is 5.97 Å². The van der Waals surface area contributed by atoms with Gasteiger partial charge in [-0.05, 0) is 56.9 Å². The fourth-order valence-electron chi connectivity index (χ4n) is 3.69. The summed E-state index contributed by atoms with van der Waals surface area (Å²) in [5.74, 6) is 1.56. The standard InChI is InChI=1S/C22H35NO3/c1-3-18-13-16-21(23-17-18)26-20-14-11-19(12-15-20)9-7-5-6-8-10-22(24)25-4-2/h13,16-17,19-20H,3-12,14-15H2,1-2H3. The molecule has 0 bridgehead atoms. The second kappa shape index (κ2) is 11.9. The van der Waals surface area contributed by atoms with Crippen LogP contribution >= 0.6 is 0 Å². The minimum absolute atomic E-state index is 0.0513. The number of hydrogen-bond acceptors (Lipinski definition) is 4. The molecule has 0 N–H and O–H groups in total. The monoisotopic (exact) mass is 361 g/mol. The van der Waals surface area contributed by atoms with Crippen molar-refractivity contribution >= 4 is 5.97 Å². The van der Waals surface area contributed by atoms with Crippen LogP contribution in [0.2, 0.25) is 0 Å². The number of carbonyl (C=O) groups excluding carboxylic acids is 1. The van der Waals surface area contributed by atoms with E-state index in [0.717, 1.165) is 43.9 Å². The normalized spacial score (nSPS) is 19.9. The predicted octanol–water partition coefficient (Wildman–Crippen LogP) is 5.49. The number of hydrogen-bond donors (Lipinski definition) is 0. The number of pyridine rings is 1. The van der Waals surface area contributed by atoms with Gasteiger partial charge in [-0.2, -0.15) is 0 Å². The van der Waals surface area contributed by atoms with E-state index < -0.39 is 0 Å². The van der Waals surface area contributed by atoms with Crippen LogP contribution in [0.3, 0.4) is 0 Å². The van der Waals surface area contributed by atoms with E-state index in [1.54, 1.807) is 0 Å². The Balaban J connectivity index is 1.52. The fourth-order valence-corrected chi connectivity index (χ4v) is 3.69. The molecule has 0 unspecified atom stereocenters. The minimum Gasteiger partial charge on any atom is -0.474 e. The Kier molecular flexibility index (Phi) is 9.51. The molecular formula is C22H35NO3. The molecule has 1 aromatic rings. The van der Waals surface area contributed by atoms with Crippen molar-refractivity contribution < 1.29 is 14.3 Å². The van der Waals surface area contributed by atoms with Gasteiger partial charge in [-0.15, -0.1) is 0 Å². The van der Waals surface area contributed by atoms with Crippen molar-refractivity contribution in [1.29, 1.82) is 0 Å². The summed E-state index contributed by atoms with van der Waals surface area (Å²) < 4.78 is 11.0. The van der Waals surface area contributed by atoms with Crippen LogP contribution in [0.25, 0.3) is 0 Å². The van der Waals surface area contributed by atoms with Crippen LogP contribution in [0.15, 0.2) is 18.3 Å². The van der Waals surface area contributed by atoms with E-state index in [1.807, 2.05) is 19.2 Å². The van der Waals surface area contributed by atoms with Gasteiger partial charge in [0.2, 0.25) is 5.88 Å². The van der Waals surface area contributed by atoms with Crippen molar-refractivity contribution in [2.45, 2.75) is 90.6 Å². The van der Waals surface area contributed by atoms with Crippen LogP contribution < -0.4 is 4.74 Å². The molecule has 0 saturated heterocycles. The molecule has 1 aromatic heterocycles. The van der Waals surface area contributed by atoms with E-state index in [1.165, 1.54) is 37.7 Å². The van der Waals surface area contributed by atoms with Crippen LogP contribution in [-0.4, -0.2) is 23.7 Å². The topological polar surface area (TPSA) is 48.4 Å². The summed E-state index contributed by atoms with van der Waals surface area (Å²) in [7, 11) is 0. The van der Waals surface area contributed by atoms with E-state index in [0.29, 0.717) is 19.1 Å². The Hall–Kier alpha value is -1.58. The first-order chi connectivity index (χ1) is 12.7. The molecule has 26 heavy (non-hydrogen) atoms. The number of unbranched alkanes of at least 4 members (excludes halogenated alkanes) is 3. The number of nitrogens with zero attached hydrogens (tertiary/aromatic N) is 1. The van der Waals surface area contributed by atoms with Crippen molar-refractivity contribution in [1.82, 2.24) is 4.98 Å². The van der Waals surface area contributed by atoms with Gasteiger partial charge in [0.05, 0.1) is 6.61 Å². The molecule has 1 saturated carbocycles. The predicted molar refractivity (Wildman–Crippen MR) is 104 cm³/mol. The Morgan fingerprint density at radius 2 is 1.85 bits per heavy atom. The molecule has 1 heterocycles. The zero-order chi connectivity index (χ0) is 18.6. The second-order valence-electron chi connectivity index (χ2n) is 7.38. The van der Waals surface area contributed by atoms with Gasteiger partial charge in [0.25, 0.3) is 0 Å². The molecule has 0 amide bonds. The quantitative estimate of drug-likeness (QED) is 0.386. The first-order valence-electron chi connectivity index (χ1n) is 10.5. The van der Waals surface area contributed by atoms with E-state index >= 15 is 0 Å². The van der Waals surface area contributed by atoms with Crippen molar-refractivity contribution in [2.75, 3.05) is 6.61 Å². The van der Waals surface area contributed by atoms with Gasteiger partial charge in [0.1, 0.15) is 6.10 Å². The molecule has 1 aliphatic rings. The number of rotatable bonds is 11. The van der Waals surface area contributed by atoms with Crippen LogP contribution in [0.5, 0.6) is 5.88 Å². The molecule has 0 radical (unpaired) electrons. The maximum absolute atomic E-state index is 11.3. The van der Waals surface area contributed by atoms with Gasteiger partial charge in [0.15, 0.2) is 0 Å². The van der Waals surface area contributed by atoms with Crippen molar-refractivity contribution in [3.63, 3.8) is 0 Å². The van der Waals surface area contributed by atoms with Crippen molar-refractivity contribution in [3.05, 3.63) is 23.9 Å². The summed E-state index contributed by atoms with van der Waals surface area (Å²) in [5, 5.41) is 0. The first kappa shape index (κ1) is 20.7. The highest BCUT2D eigenvalue weighted by Crippen LogP contribution is 2.30. The number of aromatic nitrogens is 1. The Morgan fingerprint density at radius 3 is 2.50 bits per heavy atom. The van der Waals surface area contributed by atoms with E-state index in [9.17, 15) is 4.79 Å². The molecule has 146 valence electrons. The lowest BCUT2D eigenvalue weighted by molar-refractivity contribution is -0.143. The Bertz CT molecular complexity index is 507. The smallest absolute Gasteiger partial charge is 0.305 e. The zero-order valence-electron chi connectivity index (χ0n) is 16.5.